The minimum absolute atomic E-state index is 0.251. The maximum Gasteiger partial charge on any atom is 0.335 e. The number of aromatic nitrogens is 3. The van der Waals surface area contributed by atoms with Crippen molar-refractivity contribution in [2.24, 2.45) is 5.73 Å². The van der Waals surface area contributed by atoms with E-state index in [1.807, 2.05) is 13.1 Å². The summed E-state index contributed by atoms with van der Waals surface area (Å²) in [6, 6.07) is 7.31. The Hall–Kier alpha value is -3.13. The highest BCUT2D eigenvalue weighted by molar-refractivity contribution is 5.88. The standard InChI is InChI=1S/C20H24N6O2/c1-12-17(23-15-6-2-13(3-7-15)20(27)28)19-22-10-11-26(19)25-18(12)24-16-8-4-14(21)5-9-16/h2-3,6-7,10-11,14,16,23H,4-5,8-9,21H2,1H3,(H,24,25)(H,27,28)/t14-,16-. The van der Waals surface area contributed by atoms with Crippen molar-refractivity contribution in [2.45, 2.75) is 44.7 Å². The number of aromatic carboxylic acids is 1. The molecule has 1 aliphatic carbocycles. The summed E-state index contributed by atoms with van der Waals surface area (Å²) in [4.78, 5) is 15.5. The topological polar surface area (TPSA) is 118 Å². The molecule has 0 atom stereocenters. The third kappa shape index (κ3) is 3.63. The second kappa shape index (κ2) is 7.47. The van der Waals surface area contributed by atoms with Crippen molar-refractivity contribution in [3.05, 3.63) is 47.8 Å². The van der Waals surface area contributed by atoms with E-state index in [1.54, 1.807) is 35.0 Å². The Kier molecular flexibility index (Phi) is 4.87. The zero-order valence-electron chi connectivity index (χ0n) is 15.7. The van der Waals surface area contributed by atoms with Crippen molar-refractivity contribution in [1.29, 1.82) is 0 Å². The SMILES string of the molecule is Cc1c(N[C@H]2CC[C@H](N)CC2)nn2ccnc2c1Nc1ccc(C(=O)O)cc1. The number of carbonyl (C=O) groups is 1. The molecule has 8 heteroatoms. The van der Waals surface area contributed by atoms with Crippen molar-refractivity contribution in [1.82, 2.24) is 14.6 Å². The number of carboxylic acids is 1. The number of hydrogen-bond acceptors (Lipinski definition) is 6. The number of hydrogen-bond donors (Lipinski definition) is 4. The van der Waals surface area contributed by atoms with E-state index in [9.17, 15) is 4.79 Å². The van der Waals surface area contributed by atoms with Crippen LogP contribution in [0, 0.1) is 6.92 Å². The largest absolute Gasteiger partial charge is 0.478 e. The lowest BCUT2D eigenvalue weighted by atomic mass is 9.92. The van der Waals surface area contributed by atoms with Crippen LogP contribution in [0.3, 0.4) is 0 Å². The normalized spacial score (nSPS) is 19.5. The van der Waals surface area contributed by atoms with Crippen molar-refractivity contribution in [3.8, 4) is 0 Å². The van der Waals surface area contributed by atoms with Crippen molar-refractivity contribution in [3.63, 3.8) is 0 Å². The molecule has 5 N–H and O–H groups in total. The second-order valence-electron chi connectivity index (χ2n) is 7.31. The maximum atomic E-state index is 11.1. The minimum atomic E-state index is -0.944. The van der Waals surface area contributed by atoms with E-state index < -0.39 is 5.97 Å². The molecule has 3 aromatic rings. The van der Waals surface area contributed by atoms with Crippen LogP contribution in [0.1, 0.15) is 41.6 Å². The van der Waals surface area contributed by atoms with E-state index in [4.69, 9.17) is 10.8 Å². The van der Waals surface area contributed by atoms with E-state index in [0.29, 0.717) is 12.1 Å². The molecule has 1 saturated carbocycles. The summed E-state index contributed by atoms with van der Waals surface area (Å²) in [6.07, 6.45) is 7.63. The first kappa shape index (κ1) is 18.2. The summed E-state index contributed by atoms with van der Waals surface area (Å²) in [5.41, 5.74) is 9.59. The molecule has 2 aromatic heterocycles. The molecule has 0 aliphatic heterocycles. The number of nitrogens with zero attached hydrogens (tertiary/aromatic N) is 3. The zero-order valence-corrected chi connectivity index (χ0v) is 15.7. The van der Waals surface area contributed by atoms with E-state index in [2.05, 4.69) is 20.7 Å². The first-order valence-electron chi connectivity index (χ1n) is 9.47. The molecule has 8 nitrogen and oxygen atoms in total. The van der Waals surface area contributed by atoms with Gasteiger partial charge in [-0.15, -0.1) is 5.10 Å². The van der Waals surface area contributed by atoms with Crippen LogP contribution in [0.4, 0.5) is 17.2 Å². The van der Waals surface area contributed by atoms with Crippen LogP contribution in [0.25, 0.3) is 5.65 Å². The van der Waals surface area contributed by atoms with Gasteiger partial charge in [0.1, 0.15) is 0 Å². The van der Waals surface area contributed by atoms with Gasteiger partial charge in [-0.25, -0.2) is 14.3 Å². The van der Waals surface area contributed by atoms with Gasteiger partial charge < -0.3 is 21.5 Å². The smallest absolute Gasteiger partial charge is 0.335 e. The molecule has 1 aliphatic rings. The van der Waals surface area contributed by atoms with Crippen molar-refractivity contribution in [2.75, 3.05) is 10.6 Å². The summed E-state index contributed by atoms with van der Waals surface area (Å²) in [6.45, 7) is 2.01. The van der Waals surface area contributed by atoms with Crippen LogP contribution in [0.2, 0.25) is 0 Å². The highest BCUT2D eigenvalue weighted by Crippen LogP contribution is 2.30. The lowest BCUT2D eigenvalue weighted by Gasteiger charge is -2.28. The molecular formula is C20H24N6O2. The molecule has 1 aromatic carbocycles. The molecule has 0 radical (unpaired) electrons. The van der Waals surface area contributed by atoms with Crippen molar-refractivity contribution < 1.29 is 9.90 Å². The fourth-order valence-corrected chi connectivity index (χ4v) is 3.61. The van der Waals surface area contributed by atoms with Crippen LogP contribution in [0.15, 0.2) is 36.7 Å². The molecule has 2 heterocycles. The molecule has 0 amide bonds. The number of carboxylic acid groups (broad SMARTS) is 1. The Bertz CT molecular complexity index is 990. The summed E-state index contributed by atoms with van der Waals surface area (Å²) in [7, 11) is 0. The number of fused-ring (bicyclic) bond motifs is 1. The number of anilines is 3. The lowest BCUT2D eigenvalue weighted by molar-refractivity contribution is 0.0697. The average Bonchev–Trinajstić information content (AvgIpc) is 3.15. The fourth-order valence-electron chi connectivity index (χ4n) is 3.61. The maximum absolute atomic E-state index is 11.1. The van der Waals surface area contributed by atoms with Gasteiger partial charge in [-0.05, 0) is 56.9 Å². The summed E-state index contributed by atoms with van der Waals surface area (Å²) >= 11 is 0. The number of nitrogens with two attached hydrogens (primary N) is 1. The van der Waals surface area contributed by atoms with Gasteiger partial charge in [-0.2, -0.15) is 0 Å². The monoisotopic (exact) mass is 380 g/mol. The molecule has 0 spiro atoms. The Balaban J connectivity index is 1.64. The zero-order chi connectivity index (χ0) is 19.7. The van der Waals surface area contributed by atoms with Gasteiger partial charge in [-0.1, -0.05) is 0 Å². The van der Waals surface area contributed by atoms with Gasteiger partial charge in [0.25, 0.3) is 0 Å². The van der Waals surface area contributed by atoms with Gasteiger partial charge in [-0.3, -0.25) is 0 Å². The first-order chi connectivity index (χ1) is 13.5. The van der Waals surface area contributed by atoms with Crippen LogP contribution < -0.4 is 16.4 Å². The van der Waals surface area contributed by atoms with Crippen molar-refractivity contribution >= 4 is 28.8 Å². The Morgan fingerprint density at radius 2 is 1.93 bits per heavy atom. The predicted octanol–water partition coefficient (Wildman–Crippen LogP) is 3.16. The highest BCUT2D eigenvalue weighted by Gasteiger charge is 2.21. The Labute approximate surface area is 162 Å². The number of benzene rings is 1. The minimum Gasteiger partial charge on any atom is -0.478 e. The third-order valence-corrected chi connectivity index (χ3v) is 5.30. The number of nitrogens with one attached hydrogen (secondary N) is 2. The Morgan fingerprint density at radius 3 is 2.61 bits per heavy atom. The highest BCUT2D eigenvalue weighted by atomic mass is 16.4. The molecule has 0 bridgehead atoms. The number of imidazole rings is 1. The fraction of sp³-hybridized carbons (Fsp3) is 0.350. The van der Waals surface area contributed by atoms with E-state index in [0.717, 1.165) is 54.1 Å². The second-order valence-corrected chi connectivity index (χ2v) is 7.31. The molecule has 28 heavy (non-hydrogen) atoms. The molecule has 0 saturated heterocycles. The molecule has 0 unspecified atom stereocenters. The first-order valence-corrected chi connectivity index (χ1v) is 9.47. The van der Waals surface area contributed by atoms with Crippen LogP contribution in [-0.2, 0) is 0 Å². The Morgan fingerprint density at radius 1 is 1.21 bits per heavy atom. The van der Waals surface area contributed by atoms with E-state index >= 15 is 0 Å². The quantitative estimate of drug-likeness (QED) is 0.537. The van der Waals surface area contributed by atoms with Crippen LogP contribution in [-0.4, -0.2) is 37.8 Å². The molecule has 4 rings (SSSR count). The van der Waals surface area contributed by atoms with Gasteiger partial charge in [0.05, 0.1) is 11.3 Å². The van der Waals surface area contributed by atoms with Crippen LogP contribution >= 0.6 is 0 Å². The van der Waals surface area contributed by atoms with Gasteiger partial charge in [0, 0.05) is 35.7 Å². The summed E-state index contributed by atoms with van der Waals surface area (Å²) < 4.78 is 1.75. The van der Waals surface area contributed by atoms with Gasteiger partial charge in [0.15, 0.2) is 11.5 Å². The summed E-state index contributed by atoms with van der Waals surface area (Å²) in [5, 5.41) is 20.7. The lowest BCUT2D eigenvalue weighted by Crippen LogP contribution is -2.33. The molecule has 146 valence electrons. The predicted molar refractivity (Wildman–Crippen MR) is 108 cm³/mol. The average molecular weight is 380 g/mol. The van der Waals surface area contributed by atoms with E-state index in [1.165, 1.54) is 0 Å². The third-order valence-electron chi connectivity index (χ3n) is 5.30. The van der Waals surface area contributed by atoms with Gasteiger partial charge in [0.2, 0.25) is 0 Å². The van der Waals surface area contributed by atoms with Gasteiger partial charge >= 0.3 is 5.97 Å². The summed E-state index contributed by atoms with van der Waals surface area (Å²) in [5.74, 6) is -0.128. The number of rotatable bonds is 5. The van der Waals surface area contributed by atoms with Crippen LogP contribution in [0.5, 0.6) is 0 Å². The van der Waals surface area contributed by atoms with E-state index in [-0.39, 0.29) is 5.56 Å². The molecular weight excluding hydrogens is 356 g/mol. The molecule has 1 fully saturated rings.